The quantitative estimate of drug-likeness (QED) is 0.652. The summed E-state index contributed by atoms with van der Waals surface area (Å²) < 4.78 is 1.50. The van der Waals surface area contributed by atoms with Crippen molar-refractivity contribution in [2.75, 3.05) is 0 Å². The lowest BCUT2D eigenvalue weighted by molar-refractivity contribution is -0.119. The summed E-state index contributed by atoms with van der Waals surface area (Å²) in [5.41, 5.74) is 0.332. The van der Waals surface area contributed by atoms with Gasteiger partial charge in [-0.2, -0.15) is 0 Å². The number of nitrogens with zero attached hydrogens (tertiary/aromatic N) is 2. The molecule has 0 bridgehead atoms. The van der Waals surface area contributed by atoms with Crippen LogP contribution in [0.25, 0.3) is 0 Å². The Hall–Kier alpha value is -2.55. The smallest absolute Gasteiger partial charge is 0.333 e. The lowest BCUT2D eigenvalue weighted by Crippen LogP contribution is -2.49. The molecule has 0 aliphatic heterocycles. The minimum atomic E-state index is -0.596. The van der Waals surface area contributed by atoms with Crippen LogP contribution in [-0.4, -0.2) is 37.5 Å². The first-order valence-electron chi connectivity index (χ1n) is 8.64. The zero-order valence-corrected chi connectivity index (χ0v) is 16.7. The highest BCUT2D eigenvalue weighted by atomic mass is 32.2. The monoisotopic (exact) mass is 391 g/mol. The highest BCUT2D eigenvalue weighted by molar-refractivity contribution is 8.00. The van der Waals surface area contributed by atoms with Crippen molar-refractivity contribution in [2.24, 2.45) is 0 Å². The summed E-state index contributed by atoms with van der Waals surface area (Å²) in [5, 5.41) is 11.2. The number of aromatic amines is 1. The van der Waals surface area contributed by atoms with E-state index >= 15 is 0 Å². The van der Waals surface area contributed by atoms with Gasteiger partial charge >= 0.3 is 11.7 Å². The number of hydrogen-bond donors (Lipinski definition) is 3. The predicted molar refractivity (Wildman–Crippen MR) is 105 cm³/mol. The van der Waals surface area contributed by atoms with Crippen LogP contribution in [0, 0.1) is 0 Å². The van der Waals surface area contributed by atoms with Crippen LogP contribution in [-0.2, 0) is 17.8 Å². The van der Waals surface area contributed by atoms with Crippen molar-refractivity contribution in [1.82, 2.24) is 25.4 Å². The molecule has 0 spiro atoms. The number of urea groups is 1. The summed E-state index contributed by atoms with van der Waals surface area (Å²) in [7, 11) is 0. The molecule has 1 heterocycles. The molecule has 3 N–H and O–H groups in total. The first kappa shape index (κ1) is 20.8. The second kappa shape index (κ2) is 8.90. The van der Waals surface area contributed by atoms with Crippen molar-refractivity contribution in [3.63, 3.8) is 0 Å². The third-order valence-electron chi connectivity index (χ3n) is 3.57. The summed E-state index contributed by atoms with van der Waals surface area (Å²) >= 11 is 1.12. The molecule has 9 heteroatoms. The number of nitrogens with one attached hydrogen (secondary N) is 3. The van der Waals surface area contributed by atoms with Crippen molar-refractivity contribution < 1.29 is 9.59 Å². The largest absolute Gasteiger partial charge is 0.343 e. The number of thioether (sulfide) groups is 1. The molecule has 0 unspecified atom stereocenters. The van der Waals surface area contributed by atoms with Crippen molar-refractivity contribution in [1.29, 1.82) is 0 Å². The van der Waals surface area contributed by atoms with Crippen LogP contribution in [0.4, 0.5) is 4.79 Å². The maximum absolute atomic E-state index is 12.2. The van der Waals surface area contributed by atoms with Gasteiger partial charge in [-0.15, -0.1) is 5.10 Å². The van der Waals surface area contributed by atoms with Gasteiger partial charge in [0.05, 0.1) is 5.25 Å². The van der Waals surface area contributed by atoms with Crippen molar-refractivity contribution in [3.05, 3.63) is 46.4 Å². The maximum Gasteiger partial charge on any atom is 0.343 e. The third kappa shape index (κ3) is 6.59. The molecule has 0 saturated carbocycles. The number of benzene rings is 1. The number of carbonyl (C=O) groups is 2. The van der Waals surface area contributed by atoms with Crippen LogP contribution >= 0.6 is 11.8 Å². The van der Waals surface area contributed by atoms with Crippen LogP contribution in [0.15, 0.2) is 40.3 Å². The Bertz CT molecular complexity index is 839. The van der Waals surface area contributed by atoms with Crippen LogP contribution in [0.5, 0.6) is 0 Å². The van der Waals surface area contributed by atoms with Gasteiger partial charge in [0, 0.05) is 12.1 Å². The second-order valence-electron chi connectivity index (χ2n) is 7.15. The zero-order valence-electron chi connectivity index (χ0n) is 15.9. The van der Waals surface area contributed by atoms with Gasteiger partial charge in [-0.1, -0.05) is 42.1 Å². The molecule has 2 aromatic rings. The molecule has 27 heavy (non-hydrogen) atoms. The van der Waals surface area contributed by atoms with E-state index in [4.69, 9.17) is 0 Å². The van der Waals surface area contributed by atoms with Crippen LogP contribution in [0.2, 0.25) is 0 Å². The Labute approximate surface area is 162 Å². The molecule has 1 atom stereocenters. The molecule has 0 radical (unpaired) electrons. The summed E-state index contributed by atoms with van der Waals surface area (Å²) in [5.74, 6) is -0.452. The Morgan fingerprint density at radius 1 is 1.26 bits per heavy atom. The van der Waals surface area contributed by atoms with Crippen molar-refractivity contribution in [3.8, 4) is 0 Å². The molecular weight excluding hydrogens is 366 g/mol. The molecule has 1 aromatic heterocycles. The fraction of sp³-hybridized carbons (Fsp3) is 0.444. The van der Waals surface area contributed by atoms with Gasteiger partial charge in [0.25, 0.3) is 0 Å². The van der Waals surface area contributed by atoms with E-state index < -0.39 is 22.7 Å². The molecule has 0 aliphatic carbocycles. The SMILES string of the molecule is C[C@H](Sc1n[nH]c(=O)n1CCc1ccccc1)C(=O)NC(=O)NC(C)(C)C. The fourth-order valence-electron chi connectivity index (χ4n) is 2.27. The highest BCUT2D eigenvalue weighted by Crippen LogP contribution is 2.20. The number of carbonyl (C=O) groups excluding carboxylic acids is 2. The Balaban J connectivity index is 1.97. The maximum atomic E-state index is 12.2. The number of hydrogen-bond acceptors (Lipinski definition) is 5. The van der Waals surface area contributed by atoms with Crippen molar-refractivity contribution in [2.45, 2.75) is 56.6 Å². The molecule has 0 saturated heterocycles. The van der Waals surface area contributed by atoms with E-state index in [1.165, 1.54) is 4.57 Å². The van der Waals surface area contributed by atoms with E-state index in [0.29, 0.717) is 18.1 Å². The standard InChI is InChI=1S/C18H25N5O3S/c1-12(14(24)19-15(25)20-18(2,3)4)27-17-22-21-16(26)23(17)11-10-13-8-6-5-7-9-13/h5-9,12H,10-11H2,1-4H3,(H,21,26)(H2,19,20,24,25)/t12-/m0/s1. The summed E-state index contributed by atoms with van der Waals surface area (Å²) in [4.78, 5) is 36.1. The van der Waals surface area contributed by atoms with Gasteiger partial charge in [0.1, 0.15) is 0 Å². The Morgan fingerprint density at radius 2 is 1.93 bits per heavy atom. The van der Waals surface area contributed by atoms with E-state index in [0.717, 1.165) is 17.3 Å². The molecule has 3 amide bonds. The Morgan fingerprint density at radius 3 is 2.56 bits per heavy atom. The summed E-state index contributed by atoms with van der Waals surface area (Å²) in [6.07, 6.45) is 0.669. The van der Waals surface area contributed by atoms with Crippen LogP contribution in [0.1, 0.15) is 33.3 Å². The topological polar surface area (TPSA) is 109 Å². The number of imide groups is 1. The van der Waals surface area contributed by atoms with Crippen molar-refractivity contribution >= 4 is 23.7 Å². The van der Waals surface area contributed by atoms with E-state index in [1.807, 2.05) is 51.1 Å². The van der Waals surface area contributed by atoms with Gasteiger partial charge in [-0.3, -0.25) is 14.7 Å². The second-order valence-corrected chi connectivity index (χ2v) is 8.46. The average molecular weight is 391 g/mol. The normalized spacial score (nSPS) is 12.4. The van der Waals surface area contributed by atoms with Gasteiger partial charge in [0.2, 0.25) is 5.91 Å². The van der Waals surface area contributed by atoms with Gasteiger partial charge in [-0.05, 0) is 39.7 Å². The first-order valence-corrected chi connectivity index (χ1v) is 9.52. The summed E-state index contributed by atoms with van der Waals surface area (Å²) in [6, 6.07) is 9.24. The molecule has 8 nitrogen and oxygen atoms in total. The van der Waals surface area contributed by atoms with E-state index in [2.05, 4.69) is 20.8 Å². The predicted octanol–water partition coefficient (Wildman–Crippen LogP) is 1.92. The molecular formula is C18H25N5O3S. The number of rotatable bonds is 6. The number of H-pyrrole nitrogens is 1. The average Bonchev–Trinajstić information content (AvgIpc) is 2.91. The lowest BCUT2D eigenvalue weighted by Gasteiger charge is -2.21. The molecule has 2 rings (SSSR count). The van der Waals surface area contributed by atoms with Crippen LogP contribution < -0.4 is 16.3 Å². The lowest BCUT2D eigenvalue weighted by atomic mass is 10.1. The minimum absolute atomic E-state index is 0.327. The van der Waals surface area contributed by atoms with E-state index in [-0.39, 0.29) is 5.69 Å². The van der Waals surface area contributed by atoms with E-state index in [1.54, 1.807) is 6.92 Å². The fourth-order valence-corrected chi connectivity index (χ4v) is 3.15. The zero-order chi connectivity index (χ0) is 20.0. The first-order chi connectivity index (χ1) is 12.7. The van der Waals surface area contributed by atoms with Gasteiger partial charge < -0.3 is 5.32 Å². The van der Waals surface area contributed by atoms with E-state index in [9.17, 15) is 14.4 Å². The highest BCUT2D eigenvalue weighted by Gasteiger charge is 2.22. The van der Waals surface area contributed by atoms with Gasteiger partial charge in [-0.25, -0.2) is 14.7 Å². The minimum Gasteiger partial charge on any atom is -0.333 e. The number of aromatic nitrogens is 3. The van der Waals surface area contributed by atoms with Crippen LogP contribution in [0.3, 0.4) is 0 Å². The number of amides is 3. The molecule has 146 valence electrons. The molecule has 0 fully saturated rings. The molecule has 1 aromatic carbocycles. The Kier molecular flexibility index (Phi) is 6.84. The molecule has 0 aliphatic rings. The third-order valence-corrected chi connectivity index (χ3v) is 4.66. The summed E-state index contributed by atoms with van der Waals surface area (Å²) in [6.45, 7) is 7.57. The number of aryl methyl sites for hydroxylation is 1. The van der Waals surface area contributed by atoms with Gasteiger partial charge in [0.15, 0.2) is 5.16 Å².